The quantitative estimate of drug-likeness (QED) is 0.362. The summed E-state index contributed by atoms with van der Waals surface area (Å²) in [6.45, 7) is 1.06. The number of hydrogen-bond acceptors (Lipinski definition) is 7. The average molecular weight is 595 g/mol. The van der Waals surface area contributed by atoms with E-state index in [-0.39, 0.29) is 46.6 Å². The highest BCUT2D eigenvalue weighted by Crippen LogP contribution is 2.54. The van der Waals surface area contributed by atoms with E-state index in [1.807, 2.05) is 0 Å². The van der Waals surface area contributed by atoms with Crippen LogP contribution in [0.4, 0.5) is 8.78 Å². The van der Waals surface area contributed by atoms with Gasteiger partial charge in [-0.3, -0.25) is 9.59 Å². The van der Waals surface area contributed by atoms with Crippen LogP contribution in [0.3, 0.4) is 0 Å². The summed E-state index contributed by atoms with van der Waals surface area (Å²) in [6.07, 6.45) is 2.68. The van der Waals surface area contributed by atoms with E-state index in [9.17, 15) is 18.4 Å². The highest BCUT2D eigenvalue weighted by Gasteiger charge is 2.57. The number of rotatable bonds is 9. The van der Waals surface area contributed by atoms with E-state index in [4.69, 9.17) is 37.2 Å². The number of aryl methyl sites for hydroxylation is 1. The Morgan fingerprint density at radius 1 is 0.950 bits per heavy atom. The second kappa shape index (κ2) is 11.2. The van der Waals surface area contributed by atoms with Crippen molar-refractivity contribution in [1.82, 2.24) is 20.8 Å². The molecule has 0 aliphatic heterocycles. The fourth-order valence-corrected chi connectivity index (χ4v) is 5.79. The van der Waals surface area contributed by atoms with E-state index in [0.29, 0.717) is 43.8 Å². The first kappa shape index (κ1) is 28.1. The highest BCUT2D eigenvalue weighted by atomic mass is 35.5. The van der Waals surface area contributed by atoms with Crippen molar-refractivity contribution >= 4 is 35.0 Å². The van der Waals surface area contributed by atoms with Crippen LogP contribution in [0.25, 0.3) is 0 Å². The number of amides is 2. The molecular weight excluding hydrogens is 569 g/mol. The van der Waals surface area contributed by atoms with Crippen LogP contribution in [0, 0.1) is 18.6 Å². The molecule has 2 bridgehead atoms. The maximum absolute atomic E-state index is 13.7. The summed E-state index contributed by atoms with van der Waals surface area (Å²) < 4.78 is 43.9. The SMILES string of the molecule is Cc1noc([C@H]2CC3(NC(=O)COc4ccc(Cl)c(F)c4)CCC2(NC(=O)COc2ccc(Cl)c(F)c2)CC3)n1. The van der Waals surface area contributed by atoms with Crippen LogP contribution in [-0.4, -0.2) is 46.2 Å². The van der Waals surface area contributed by atoms with Gasteiger partial charge in [-0.1, -0.05) is 28.4 Å². The molecule has 0 unspecified atom stereocenters. The van der Waals surface area contributed by atoms with Gasteiger partial charge < -0.3 is 24.6 Å². The van der Waals surface area contributed by atoms with E-state index in [0.717, 1.165) is 12.1 Å². The van der Waals surface area contributed by atoms with Crippen molar-refractivity contribution in [2.24, 2.45) is 0 Å². The number of nitrogens with one attached hydrogen (secondary N) is 2. The van der Waals surface area contributed by atoms with Gasteiger partial charge in [0.15, 0.2) is 19.0 Å². The minimum absolute atomic E-state index is 0.0385. The van der Waals surface area contributed by atoms with Gasteiger partial charge >= 0.3 is 0 Å². The van der Waals surface area contributed by atoms with Crippen molar-refractivity contribution < 1.29 is 32.4 Å². The summed E-state index contributed by atoms with van der Waals surface area (Å²) in [7, 11) is 0. The van der Waals surface area contributed by atoms with Gasteiger partial charge in [-0.2, -0.15) is 4.98 Å². The summed E-state index contributed by atoms with van der Waals surface area (Å²) in [5.74, 6) is -1.23. The van der Waals surface area contributed by atoms with Gasteiger partial charge in [-0.05, 0) is 63.3 Å². The number of benzene rings is 2. The molecule has 3 saturated carbocycles. The molecular formula is C27H26Cl2F2N4O5. The number of hydrogen-bond donors (Lipinski definition) is 2. The second-order valence-corrected chi connectivity index (χ2v) is 11.0. The Kier molecular flexibility index (Phi) is 7.87. The second-order valence-electron chi connectivity index (χ2n) is 10.2. The molecule has 0 spiro atoms. The molecule has 1 heterocycles. The van der Waals surface area contributed by atoms with Crippen LogP contribution < -0.4 is 20.1 Å². The smallest absolute Gasteiger partial charge is 0.258 e. The zero-order chi connectivity index (χ0) is 28.5. The number of nitrogens with zero attached hydrogens (tertiary/aromatic N) is 2. The summed E-state index contributed by atoms with van der Waals surface area (Å²) in [6, 6.07) is 7.90. The Morgan fingerprint density at radius 3 is 2.00 bits per heavy atom. The lowest BCUT2D eigenvalue weighted by molar-refractivity contribution is -0.131. The van der Waals surface area contributed by atoms with Crippen molar-refractivity contribution in [2.45, 2.75) is 56.0 Å². The van der Waals surface area contributed by atoms with Gasteiger partial charge in [0.05, 0.1) is 21.5 Å². The third-order valence-electron chi connectivity index (χ3n) is 7.52. The molecule has 13 heteroatoms. The Labute approximate surface area is 238 Å². The number of carbonyl (C=O) groups excluding carboxylic acids is 2. The molecule has 0 saturated heterocycles. The molecule has 0 radical (unpaired) electrons. The lowest BCUT2D eigenvalue weighted by Gasteiger charge is -2.57. The van der Waals surface area contributed by atoms with Crippen molar-refractivity contribution in [3.63, 3.8) is 0 Å². The predicted octanol–water partition coefficient (Wildman–Crippen LogP) is 4.89. The van der Waals surface area contributed by atoms with Gasteiger partial charge in [0, 0.05) is 17.7 Å². The maximum atomic E-state index is 13.7. The average Bonchev–Trinajstić information content (AvgIpc) is 3.36. The Morgan fingerprint density at radius 2 is 1.50 bits per heavy atom. The van der Waals surface area contributed by atoms with E-state index in [1.54, 1.807) is 6.92 Å². The molecule has 3 aromatic rings. The monoisotopic (exact) mass is 594 g/mol. The van der Waals surface area contributed by atoms with E-state index < -0.39 is 28.6 Å². The lowest BCUT2D eigenvalue weighted by atomic mass is 9.56. The first-order valence-electron chi connectivity index (χ1n) is 12.6. The summed E-state index contributed by atoms with van der Waals surface area (Å²) in [5.41, 5.74) is -1.28. The van der Waals surface area contributed by atoms with Crippen molar-refractivity contribution in [2.75, 3.05) is 13.2 Å². The van der Waals surface area contributed by atoms with Crippen LogP contribution in [-0.2, 0) is 9.59 Å². The first-order valence-corrected chi connectivity index (χ1v) is 13.4. The summed E-state index contributed by atoms with van der Waals surface area (Å²) >= 11 is 11.4. The minimum atomic E-state index is -0.700. The molecule has 9 nitrogen and oxygen atoms in total. The molecule has 3 aliphatic carbocycles. The predicted molar refractivity (Wildman–Crippen MR) is 140 cm³/mol. The maximum Gasteiger partial charge on any atom is 0.258 e. The summed E-state index contributed by atoms with van der Waals surface area (Å²) in [4.78, 5) is 30.3. The first-order chi connectivity index (χ1) is 19.1. The Balaban J connectivity index is 1.25. The minimum Gasteiger partial charge on any atom is -0.484 e. The van der Waals surface area contributed by atoms with Crippen LogP contribution in [0.5, 0.6) is 11.5 Å². The molecule has 212 valence electrons. The molecule has 3 fully saturated rings. The summed E-state index contributed by atoms with van der Waals surface area (Å²) in [5, 5.41) is 10.0. The molecule has 2 amide bonds. The normalized spacial score (nSPS) is 23.5. The third-order valence-corrected chi connectivity index (χ3v) is 8.13. The number of halogens is 4. The lowest BCUT2D eigenvalue weighted by Crippen LogP contribution is -2.67. The van der Waals surface area contributed by atoms with Gasteiger partial charge in [-0.15, -0.1) is 0 Å². The van der Waals surface area contributed by atoms with E-state index in [2.05, 4.69) is 20.8 Å². The third kappa shape index (κ3) is 6.00. The zero-order valence-electron chi connectivity index (χ0n) is 21.4. The Hall–Kier alpha value is -3.44. The van der Waals surface area contributed by atoms with Gasteiger partial charge in [0.25, 0.3) is 11.8 Å². The van der Waals surface area contributed by atoms with Crippen LogP contribution in [0.15, 0.2) is 40.9 Å². The number of carbonyl (C=O) groups is 2. The molecule has 40 heavy (non-hydrogen) atoms. The molecule has 3 aliphatic rings. The fraction of sp³-hybridized carbons (Fsp3) is 0.407. The molecule has 6 rings (SSSR count). The topological polar surface area (TPSA) is 116 Å². The van der Waals surface area contributed by atoms with Crippen molar-refractivity contribution in [3.05, 3.63) is 69.8 Å². The largest absolute Gasteiger partial charge is 0.484 e. The van der Waals surface area contributed by atoms with E-state index in [1.165, 1.54) is 24.3 Å². The van der Waals surface area contributed by atoms with Gasteiger partial charge in [-0.25, -0.2) is 8.78 Å². The zero-order valence-corrected chi connectivity index (χ0v) is 23.0. The van der Waals surface area contributed by atoms with E-state index >= 15 is 0 Å². The standard InChI is InChI=1S/C27H26Cl2F2N4O5/c1-15-32-25(40-35-15)18-12-26(33-23(36)13-38-16-2-4-19(28)21(30)10-16)6-8-27(18,9-7-26)34-24(37)14-39-17-3-5-20(29)22(31)11-17/h2-5,10-11,18H,6-9,12-14H2,1H3,(H,33,36)(H,34,37)/t18-,26?,27?/m1/s1. The number of ether oxygens (including phenoxy) is 2. The van der Waals surface area contributed by atoms with Gasteiger partial charge in [0.1, 0.15) is 23.1 Å². The fourth-order valence-electron chi connectivity index (χ4n) is 5.56. The van der Waals surface area contributed by atoms with Crippen LogP contribution in [0.1, 0.15) is 49.7 Å². The highest BCUT2D eigenvalue weighted by molar-refractivity contribution is 6.31. The van der Waals surface area contributed by atoms with Crippen LogP contribution in [0.2, 0.25) is 10.0 Å². The van der Waals surface area contributed by atoms with Gasteiger partial charge in [0.2, 0.25) is 5.89 Å². The number of fused-ring (bicyclic) bond motifs is 3. The molecule has 1 atom stereocenters. The van der Waals surface area contributed by atoms with Crippen molar-refractivity contribution in [3.8, 4) is 11.5 Å². The Bertz CT molecular complexity index is 1430. The molecule has 2 N–H and O–H groups in total. The van der Waals surface area contributed by atoms with Crippen LogP contribution >= 0.6 is 23.2 Å². The molecule has 2 aromatic carbocycles. The molecule has 1 aromatic heterocycles. The van der Waals surface area contributed by atoms with Crippen molar-refractivity contribution in [1.29, 1.82) is 0 Å². The number of aromatic nitrogens is 2.